The minimum absolute atomic E-state index is 0.795. The van der Waals surface area contributed by atoms with Crippen LogP contribution in [0.5, 0.6) is 0 Å². The Morgan fingerprint density at radius 3 is 2.86 bits per heavy atom. The highest BCUT2D eigenvalue weighted by atomic mass is 32.1. The number of rotatable bonds is 5. The fourth-order valence-corrected chi connectivity index (χ4v) is 6.18. The summed E-state index contributed by atoms with van der Waals surface area (Å²) in [6.45, 7) is 7.16. The lowest BCUT2D eigenvalue weighted by Crippen LogP contribution is -2.48. The molecule has 0 unspecified atom stereocenters. The minimum Gasteiger partial charge on any atom is -0.378 e. The molecule has 3 fully saturated rings. The average Bonchev–Trinajstić information content (AvgIpc) is 3.42. The van der Waals surface area contributed by atoms with Crippen LogP contribution in [-0.4, -0.2) is 64.9 Å². The molecule has 3 saturated heterocycles. The molecule has 5 heterocycles. The first-order chi connectivity index (χ1) is 13.9. The monoisotopic (exact) mass is 401 g/mol. The van der Waals surface area contributed by atoms with Crippen molar-refractivity contribution in [1.82, 2.24) is 19.4 Å². The summed E-state index contributed by atoms with van der Waals surface area (Å²) < 4.78 is 7.81. The molecule has 0 N–H and O–H groups in total. The lowest BCUT2D eigenvalue weighted by molar-refractivity contribution is 0.0540. The van der Waals surface area contributed by atoms with Gasteiger partial charge in [-0.15, -0.1) is 0 Å². The van der Waals surface area contributed by atoms with Gasteiger partial charge in [-0.3, -0.25) is 0 Å². The van der Waals surface area contributed by atoms with Gasteiger partial charge in [-0.25, -0.2) is 9.97 Å². The third-order valence-corrected chi connectivity index (χ3v) is 7.73. The molecule has 3 aliphatic rings. The summed E-state index contributed by atoms with van der Waals surface area (Å²) in [4.78, 5) is 15.6. The van der Waals surface area contributed by atoms with Gasteiger partial charge in [-0.1, -0.05) is 17.8 Å². The third-order valence-electron chi connectivity index (χ3n) is 6.68. The van der Waals surface area contributed by atoms with Crippen molar-refractivity contribution in [1.29, 1.82) is 0 Å². The van der Waals surface area contributed by atoms with Crippen molar-refractivity contribution >= 4 is 16.5 Å². The van der Waals surface area contributed by atoms with Crippen LogP contribution in [0.15, 0.2) is 18.6 Å². The van der Waals surface area contributed by atoms with Gasteiger partial charge in [0.05, 0.1) is 24.3 Å². The molecular formula is C21H31N5OS. The molecule has 0 spiro atoms. The Kier molecular flexibility index (Phi) is 5.65. The smallest absolute Gasteiger partial charge is 0.186 e. The molecule has 7 heteroatoms. The van der Waals surface area contributed by atoms with Crippen molar-refractivity contribution in [3.05, 3.63) is 18.6 Å². The van der Waals surface area contributed by atoms with Gasteiger partial charge in [0.1, 0.15) is 0 Å². The van der Waals surface area contributed by atoms with Crippen LogP contribution < -0.4 is 4.90 Å². The average molecular weight is 402 g/mol. The summed E-state index contributed by atoms with van der Waals surface area (Å²) in [5.74, 6) is 1.92. The molecule has 6 nitrogen and oxygen atoms in total. The first kappa shape index (κ1) is 18.6. The summed E-state index contributed by atoms with van der Waals surface area (Å²) in [6, 6.07) is 0.825. The predicted molar refractivity (Wildman–Crippen MR) is 113 cm³/mol. The molecule has 2 aromatic heterocycles. The van der Waals surface area contributed by atoms with Gasteiger partial charge in [0.15, 0.2) is 11.0 Å². The first-order valence-electron chi connectivity index (χ1n) is 10.9. The van der Waals surface area contributed by atoms with E-state index in [9.17, 15) is 0 Å². The number of aryl methyl sites for hydroxylation is 1. The number of anilines is 1. The van der Waals surface area contributed by atoms with Crippen molar-refractivity contribution in [3.8, 4) is 10.7 Å². The van der Waals surface area contributed by atoms with Crippen molar-refractivity contribution in [2.75, 3.05) is 44.3 Å². The van der Waals surface area contributed by atoms with Crippen LogP contribution in [-0.2, 0) is 11.3 Å². The van der Waals surface area contributed by atoms with Gasteiger partial charge in [-0.05, 0) is 51.1 Å². The second-order valence-electron chi connectivity index (χ2n) is 8.34. The number of thiazole rings is 1. The lowest BCUT2D eigenvalue weighted by atomic mass is 9.81. The van der Waals surface area contributed by atoms with Gasteiger partial charge in [0, 0.05) is 38.1 Å². The number of morpholine rings is 1. The second kappa shape index (κ2) is 8.51. The van der Waals surface area contributed by atoms with Gasteiger partial charge >= 0.3 is 0 Å². The molecular weight excluding hydrogens is 370 g/mol. The highest BCUT2D eigenvalue weighted by Crippen LogP contribution is 2.34. The van der Waals surface area contributed by atoms with Gasteiger partial charge in [0.2, 0.25) is 0 Å². The Hall–Kier alpha value is -1.44. The number of hydrogen-bond donors (Lipinski definition) is 0. The van der Waals surface area contributed by atoms with Gasteiger partial charge in [0.25, 0.3) is 0 Å². The molecule has 152 valence electrons. The molecule has 0 bridgehead atoms. The second-order valence-corrected chi connectivity index (χ2v) is 9.35. The Bertz CT molecular complexity index is 766. The summed E-state index contributed by atoms with van der Waals surface area (Å²) in [5.41, 5.74) is 0. The Balaban J connectivity index is 1.25. The van der Waals surface area contributed by atoms with E-state index < -0.39 is 0 Å². The van der Waals surface area contributed by atoms with E-state index in [1.807, 2.05) is 12.4 Å². The summed E-state index contributed by atoms with van der Waals surface area (Å²) in [7, 11) is 0. The number of imidazole rings is 1. The zero-order valence-corrected chi connectivity index (χ0v) is 17.4. The molecule has 0 aromatic carbocycles. The first-order valence-corrected chi connectivity index (χ1v) is 11.7. The summed E-state index contributed by atoms with van der Waals surface area (Å²) >= 11 is 1.76. The van der Waals surface area contributed by atoms with Crippen LogP contribution >= 0.6 is 11.3 Å². The van der Waals surface area contributed by atoms with Crippen LogP contribution in [0, 0.1) is 5.92 Å². The standard InChI is InChI=1S/C21H31N5OS/c1-2-8-24-9-3-4-17(18(24)5-1)6-10-25-11-7-22-20(25)19-16-23-21(28-19)26-12-14-27-15-13-26/h7,11,16-18H,1-6,8-10,12-15H2/t17-,18+/m0/s1. The minimum atomic E-state index is 0.795. The molecule has 0 aliphatic carbocycles. The van der Waals surface area contributed by atoms with E-state index in [-0.39, 0.29) is 0 Å². The molecule has 0 radical (unpaired) electrons. The fraction of sp³-hybridized carbons (Fsp3) is 0.714. The largest absolute Gasteiger partial charge is 0.378 e. The molecule has 2 aromatic rings. The molecule has 2 atom stereocenters. The molecule has 0 saturated carbocycles. The van der Waals surface area contributed by atoms with E-state index in [0.717, 1.165) is 55.8 Å². The van der Waals surface area contributed by atoms with E-state index >= 15 is 0 Å². The Morgan fingerprint density at radius 1 is 1.04 bits per heavy atom. The van der Waals surface area contributed by atoms with Crippen LogP contribution in [0.4, 0.5) is 5.13 Å². The van der Waals surface area contributed by atoms with Crippen LogP contribution in [0.2, 0.25) is 0 Å². The lowest BCUT2D eigenvalue weighted by Gasteiger charge is -2.44. The molecule has 3 aliphatic heterocycles. The van der Waals surface area contributed by atoms with E-state index in [0.29, 0.717) is 0 Å². The summed E-state index contributed by atoms with van der Waals surface area (Å²) in [5, 5.41) is 1.10. The SMILES string of the molecule is c1cn(CC[C@@H]2CCCN3CCCC[C@H]23)c(-c2cnc(N3CCOCC3)s2)n1. The molecule has 0 amide bonds. The number of fused-ring (bicyclic) bond motifs is 1. The number of aromatic nitrogens is 3. The zero-order valence-electron chi connectivity index (χ0n) is 16.6. The number of nitrogens with zero attached hydrogens (tertiary/aromatic N) is 5. The van der Waals surface area contributed by atoms with Gasteiger partial charge < -0.3 is 19.1 Å². The third kappa shape index (κ3) is 3.84. The van der Waals surface area contributed by atoms with Crippen LogP contribution in [0.3, 0.4) is 0 Å². The van der Waals surface area contributed by atoms with Crippen LogP contribution in [0.25, 0.3) is 10.7 Å². The van der Waals surface area contributed by atoms with E-state index in [4.69, 9.17) is 4.74 Å². The van der Waals surface area contributed by atoms with Gasteiger partial charge in [-0.2, -0.15) is 0 Å². The maximum atomic E-state index is 5.46. The van der Waals surface area contributed by atoms with E-state index in [2.05, 4.69) is 30.5 Å². The highest BCUT2D eigenvalue weighted by Gasteiger charge is 2.32. The van der Waals surface area contributed by atoms with E-state index in [1.54, 1.807) is 11.3 Å². The topological polar surface area (TPSA) is 46.4 Å². The zero-order chi connectivity index (χ0) is 18.8. The van der Waals surface area contributed by atoms with Crippen LogP contribution in [0.1, 0.15) is 38.5 Å². The van der Waals surface area contributed by atoms with Crippen molar-refractivity contribution in [3.63, 3.8) is 0 Å². The fourth-order valence-electron chi connectivity index (χ4n) is 5.20. The van der Waals surface area contributed by atoms with Crippen molar-refractivity contribution < 1.29 is 4.74 Å². The Morgan fingerprint density at radius 2 is 1.93 bits per heavy atom. The quantitative estimate of drug-likeness (QED) is 0.767. The van der Waals surface area contributed by atoms with Crippen molar-refractivity contribution in [2.45, 2.75) is 51.1 Å². The van der Waals surface area contributed by atoms with Crippen molar-refractivity contribution in [2.24, 2.45) is 5.92 Å². The normalized spacial score (nSPS) is 26.4. The summed E-state index contributed by atoms with van der Waals surface area (Å²) in [6.07, 6.45) is 14.3. The maximum absolute atomic E-state index is 5.46. The number of hydrogen-bond acceptors (Lipinski definition) is 6. The number of ether oxygens (including phenoxy) is 1. The predicted octanol–water partition coefficient (Wildman–Crippen LogP) is 3.50. The molecule has 5 rings (SSSR count). The highest BCUT2D eigenvalue weighted by molar-refractivity contribution is 7.18. The Labute approximate surface area is 171 Å². The maximum Gasteiger partial charge on any atom is 0.186 e. The molecule has 28 heavy (non-hydrogen) atoms. The number of piperidine rings is 2. The van der Waals surface area contributed by atoms with E-state index in [1.165, 1.54) is 56.5 Å².